The van der Waals surface area contributed by atoms with E-state index in [9.17, 15) is 0 Å². The highest BCUT2D eigenvalue weighted by Crippen LogP contribution is 2.28. The molecule has 0 radical (unpaired) electrons. The average molecular weight is 368 g/mol. The van der Waals surface area contributed by atoms with E-state index < -0.39 is 0 Å². The summed E-state index contributed by atoms with van der Waals surface area (Å²) in [6.45, 7) is 3.20. The Morgan fingerprint density at radius 1 is 1.18 bits per heavy atom. The van der Waals surface area contributed by atoms with Gasteiger partial charge in [0.25, 0.3) is 0 Å². The number of aromatic nitrogens is 2. The molecule has 4 heteroatoms. The van der Waals surface area contributed by atoms with Gasteiger partial charge in [-0.05, 0) is 53.3 Å². The quantitative estimate of drug-likeness (QED) is 0.710. The van der Waals surface area contributed by atoms with Gasteiger partial charge in [0.1, 0.15) is 0 Å². The molecular weight excluding hydrogens is 344 g/mol. The summed E-state index contributed by atoms with van der Waals surface area (Å²) >= 11 is 0. The van der Waals surface area contributed by atoms with E-state index in [0.717, 1.165) is 36.3 Å². The fraction of sp³-hybridized carbons (Fsp3) is 0.250. The van der Waals surface area contributed by atoms with Gasteiger partial charge in [-0.1, -0.05) is 37.3 Å². The van der Waals surface area contributed by atoms with Crippen LogP contribution in [0, 0.1) is 5.92 Å². The van der Waals surface area contributed by atoms with Gasteiger partial charge in [0.2, 0.25) is 0 Å². The average Bonchev–Trinajstić information content (AvgIpc) is 3.10. The van der Waals surface area contributed by atoms with Gasteiger partial charge in [0.05, 0.1) is 5.52 Å². The molecule has 3 heterocycles. The van der Waals surface area contributed by atoms with Crippen molar-refractivity contribution in [1.29, 1.82) is 0 Å². The Kier molecular flexibility index (Phi) is 4.12. The summed E-state index contributed by atoms with van der Waals surface area (Å²) in [6, 6.07) is 13.2. The number of hydrogen-bond acceptors (Lipinski definition) is 3. The van der Waals surface area contributed by atoms with Gasteiger partial charge in [-0.25, -0.2) is 0 Å². The van der Waals surface area contributed by atoms with Crippen LogP contribution in [0.5, 0.6) is 0 Å². The second-order valence-electron chi connectivity index (χ2n) is 7.89. The molecule has 1 N–H and O–H groups in total. The normalized spacial score (nSPS) is 18.4. The SMILES string of the molecule is CC1C=CN=C(c2ccc3n[nH]c(Cc4ccc5c(c4)C=CCN5C)c3c2)C1. The molecule has 140 valence electrons. The monoisotopic (exact) mass is 368 g/mol. The van der Waals surface area contributed by atoms with Crippen LogP contribution in [0.1, 0.15) is 35.7 Å². The van der Waals surface area contributed by atoms with Gasteiger partial charge >= 0.3 is 0 Å². The van der Waals surface area contributed by atoms with Crippen molar-refractivity contribution in [3.05, 3.63) is 77.1 Å². The number of hydrogen-bond donors (Lipinski definition) is 1. The summed E-state index contributed by atoms with van der Waals surface area (Å²) < 4.78 is 0. The highest BCUT2D eigenvalue weighted by atomic mass is 15.1. The first-order valence-corrected chi connectivity index (χ1v) is 9.89. The molecule has 0 aliphatic carbocycles. The Morgan fingerprint density at radius 2 is 2.11 bits per heavy atom. The van der Waals surface area contributed by atoms with E-state index in [1.54, 1.807) is 0 Å². The summed E-state index contributed by atoms with van der Waals surface area (Å²) in [4.78, 5) is 6.88. The van der Waals surface area contributed by atoms with Gasteiger partial charge in [0.15, 0.2) is 0 Å². The first kappa shape index (κ1) is 17.0. The van der Waals surface area contributed by atoms with Crippen LogP contribution in [-0.4, -0.2) is 29.5 Å². The van der Waals surface area contributed by atoms with Gasteiger partial charge < -0.3 is 4.90 Å². The van der Waals surface area contributed by atoms with Crippen molar-refractivity contribution in [2.75, 3.05) is 18.5 Å². The number of aliphatic imine (C=N–C) groups is 1. The van der Waals surface area contributed by atoms with Crippen LogP contribution in [0.3, 0.4) is 0 Å². The number of H-pyrrole nitrogens is 1. The number of nitrogens with one attached hydrogen (secondary N) is 1. The van der Waals surface area contributed by atoms with Crippen molar-refractivity contribution in [3.8, 4) is 0 Å². The molecule has 0 amide bonds. The number of benzene rings is 2. The summed E-state index contributed by atoms with van der Waals surface area (Å²) in [6.07, 6.45) is 10.4. The Balaban J connectivity index is 1.48. The molecule has 28 heavy (non-hydrogen) atoms. The van der Waals surface area contributed by atoms with Crippen molar-refractivity contribution in [2.45, 2.75) is 19.8 Å². The maximum absolute atomic E-state index is 4.60. The minimum atomic E-state index is 0.536. The molecule has 1 aromatic heterocycles. The maximum atomic E-state index is 4.60. The fourth-order valence-corrected chi connectivity index (χ4v) is 4.11. The Hall–Kier alpha value is -3.14. The molecule has 0 saturated heterocycles. The van der Waals surface area contributed by atoms with Gasteiger partial charge in [-0.15, -0.1) is 0 Å². The number of likely N-dealkylation sites (N-methyl/N-ethyl adjacent to an activating group) is 1. The van der Waals surface area contributed by atoms with Crippen LogP contribution in [-0.2, 0) is 6.42 Å². The predicted octanol–water partition coefficient (Wildman–Crippen LogP) is 4.96. The fourth-order valence-electron chi connectivity index (χ4n) is 4.11. The van der Waals surface area contributed by atoms with Crippen molar-refractivity contribution >= 4 is 28.4 Å². The van der Waals surface area contributed by atoms with Crippen molar-refractivity contribution in [3.63, 3.8) is 0 Å². The molecule has 0 fully saturated rings. The van der Waals surface area contributed by atoms with E-state index in [2.05, 4.69) is 88.7 Å². The predicted molar refractivity (Wildman–Crippen MR) is 117 cm³/mol. The lowest BCUT2D eigenvalue weighted by Gasteiger charge is -2.24. The number of allylic oxidation sites excluding steroid dienone is 1. The first-order chi connectivity index (χ1) is 13.7. The van der Waals surface area contributed by atoms with E-state index in [1.165, 1.54) is 27.8 Å². The number of anilines is 1. The molecule has 1 unspecified atom stereocenters. The minimum Gasteiger partial charge on any atom is -0.370 e. The second kappa shape index (κ2) is 6.79. The number of rotatable bonds is 3. The minimum absolute atomic E-state index is 0.536. The maximum Gasteiger partial charge on any atom is 0.0924 e. The Bertz CT molecular complexity index is 1130. The number of aromatic amines is 1. The largest absolute Gasteiger partial charge is 0.370 e. The molecule has 0 spiro atoms. The van der Waals surface area contributed by atoms with Gasteiger partial charge in [0, 0.05) is 48.7 Å². The molecule has 2 aliphatic rings. The number of nitrogens with zero attached hydrogens (tertiary/aromatic N) is 3. The molecule has 4 nitrogen and oxygen atoms in total. The molecule has 0 saturated carbocycles. The first-order valence-electron chi connectivity index (χ1n) is 9.89. The lowest BCUT2D eigenvalue weighted by Crippen LogP contribution is -2.20. The van der Waals surface area contributed by atoms with Crippen LogP contribution in [0.15, 0.2) is 59.7 Å². The van der Waals surface area contributed by atoms with E-state index in [4.69, 9.17) is 0 Å². The Morgan fingerprint density at radius 3 is 3.00 bits per heavy atom. The van der Waals surface area contributed by atoms with Crippen molar-refractivity contribution in [1.82, 2.24) is 10.2 Å². The second-order valence-corrected chi connectivity index (χ2v) is 7.89. The third-order valence-corrected chi connectivity index (χ3v) is 5.69. The molecule has 2 aliphatic heterocycles. The summed E-state index contributed by atoms with van der Waals surface area (Å²) in [7, 11) is 2.13. The number of fused-ring (bicyclic) bond motifs is 2. The third kappa shape index (κ3) is 3.05. The molecule has 5 rings (SSSR count). The van der Waals surface area contributed by atoms with Gasteiger partial charge in [-0.3, -0.25) is 10.1 Å². The van der Waals surface area contributed by atoms with Crippen LogP contribution in [0.4, 0.5) is 5.69 Å². The summed E-state index contributed by atoms with van der Waals surface area (Å²) in [5.41, 5.74) is 8.39. The van der Waals surface area contributed by atoms with Crippen LogP contribution in [0.25, 0.3) is 17.0 Å². The summed E-state index contributed by atoms with van der Waals surface area (Å²) in [5, 5.41) is 8.96. The third-order valence-electron chi connectivity index (χ3n) is 5.69. The summed E-state index contributed by atoms with van der Waals surface area (Å²) in [5.74, 6) is 0.536. The molecule has 1 atom stereocenters. The smallest absolute Gasteiger partial charge is 0.0924 e. The van der Waals surface area contributed by atoms with Gasteiger partial charge in [-0.2, -0.15) is 5.10 Å². The molecule has 3 aromatic rings. The lowest BCUT2D eigenvalue weighted by atomic mass is 9.95. The highest BCUT2D eigenvalue weighted by molar-refractivity contribution is 6.04. The lowest BCUT2D eigenvalue weighted by molar-refractivity contribution is 0.756. The zero-order valence-corrected chi connectivity index (χ0v) is 16.3. The topological polar surface area (TPSA) is 44.3 Å². The van der Waals surface area contributed by atoms with E-state index in [0.29, 0.717) is 5.92 Å². The highest BCUT2D eigenvalue weighted by Gasteiger charge is 2.15. The standard InChI is InChI=1S/C24H24N4/c1-16-9-10-25-22(12-16)18-6-7-21-20(15-18)23(27-26-21)14-17-5-8-24-19(13-17)4-3-11-28(24)2/h3-10,13,15-16H,11-12,14H2,1-2H3,(H,26,27). The van der Waals surface area contributed by atoms with Crippen molar-refractivity contribution < 1.29 is 0 Å². The molecular formula is C24H24N4. The van der Waals surface area contributed by atoms with Crippen molar-refractivity contribution in [2.24, 2.45) is 10.9 Å². The molecule has 0 bridgehead atoms. The van der Waals surface area contributed by atoms with Crippen LogP contribution >= 0.6 is 0 Å². The van der Waals surface area contributed by atoms with E-state index in [1.807, 2.05) is 6.20 Å². The zero-order chi connectivity index (χ0) is 19.1. The molecule has 2 aromatic carbocycles. The van der Waals surface area contributed by atoms with Crippen LogP contribution < -0.4 is 4.90 Å². The van der Waals surface area contributed by atoms with E-state index in [-0.39, 0.29) is 0 Å². The van der Waals surface area contributed by atoms with Crippen LogP contribution in [0.2, 0.25) is 0 Å². The zero-order valence-electron chi connectivity index (χ0n) is 16.3. The Labute approximate surface area is 165 Å². The van der Waals surface area contributed by atoms with E-state index >= 15 is 0 Å².